The summed E-state index contributed by atoms with van der Waals surface area (Å²) in [7, 11) is 0. The van der Waals surface area contributed by atoms with E-state index in [4.69, 9.17) is 5.11 Å². The molecular weight excluding hydrogens is 308 g/mol. The standard InChI is InChI=1S/C23H30O2/c1-14(13-21(24)25)9-7-10-15(2)22-17(4)18(5)23-16(3)11-8-12-20(23)19(22)6/h7,9-10,13,16H,8,11-12H2,1-6H3,(H,24,25). The van der Waals surface area contributed by atoms with Crippen molar-refractivity contribution < 1.29 is 9.90 Å². The van der Waals surface area contributed by atoms with Crippen LogP contribution in [0.25, 0.3) is 5.57 Å². The molecule has 2 nitrogen and oxygen atoms in total. The van der Waals surface area contributed by atoms with Crippen molar-refractivity contribution in [2.75, 3.05) is 0 Å². The molecule has 2 heteroatoms. The number of hydrogen-bond donors (Lipinski definition) is 1. The Morgan fingerprint density at radius 3 is 2.44 bits per heavy atom. The highest BCUT2D eigenvalue weighted by Gasteiger charge is 2.24. The number of allylic oxidation sites excluding steroid dienone is 5. The summed E-state index contributed by atoms with van der Waals surface area (Å²) in [6.45, 7) is 13.1. The summed E-state index contributed by atoms with van der Waals surface area (Å²) in [6, 6.07) is 0. The van der Waals surface area contributed by atoms with Gasteiger partial charge >= 0.3 is 5.97 Å². The van der Waals surface area contributed by atoms with Gasteiger partial charge in [0.05, 0.1) is 0 Å². The number of hydrogen-bond acceptors (Lipinski definition) is 1. The van der Waals surface area contributed by atoms with Gasteiger partial charge in [0.25, 0.3) is 0 Å². The Morgan fingerprint density at radius 1 is 1.12 bits per heavy atom. The van der Waals surface area contributed by atoms with E-state index in [1.807, 2.05) is 12.2 Å². The van der Waals surface area contributed by atoms with Gasteiger partial charge in [-0.3, -0.25) is 0 Å². The van der Waals surface area contributed by atoms with Crippen LogP contribution in [-0.2, 0) is 11.2 Å². The highest BCUT2D eigenvalue weighted by molar-refractivity contribution is 5.81. The first-order chi connectivity index (χ1) is 11.7. The zero-order chi connectivity index (χ0) is 18.7. The summed E-state index contributed by atoms with van der Waals surface area (Å²) in [5, 5.41) is 8.78. The first-order valence-electron chi connectivity index (χ1n) is 9.13. The fraction of sp³-hybridized carbons (Fsp3) is 0.435. The van der Waals surface area contributed by atoms with Gasteiger partial charge in [-0.1, -0.05) is 25.2 Å². The van der Waals surface area contributed by atoms with Gasteiger partial charge in [-0.2, -0.15) is 0 Å². The highest BCUT2D eigenvalue weighted by Crippen LogP contribution is 2.40. The molecule has 0 heterocycles. The molecule has 0 radical (unpaired) electrons. The summed E-state index contributed by atoms with van der Waals surface area (Å²) in [6.07, 6.45) is 10.9. The van der Waals surface area contributed by atoms with E-state index < -0.39 is 5.97 Å². The number of benzene rings is 1. The van der Waals surface area contributed by atoms with Crippen LogP contribution >= 0.6 is 0 Å². The second-order valence-electron chi connectivity index (χ2n) is 7.37. The van der Waals surface area contributed by atoms with E-state index in [-0.39, 0.29) is 0 Å². The van der Waals surface area contributed by atoms with E-state index in [2.05, 4.69) is 40.7 Å². The van der Waals surface area contributed by atoms with Crippen molar-refractivity contribution in [3.8, 4) is 0 Å². The van der Waals surface area contributed by atoms with Crippen molar-refractivity contribution >= 4 is 11.5 Å². The van der Waals surface area contributed by atoms with Crippen LogP contribution in [0, 0.1) is 20.8 Å². The van der Waals surface area contributed by atoms with Gasteiger partial charge in [-0.05, 0) is 104 Å². The summed E-state index contributed by atoms with van der Waals surface area (Å²) >= 11 is 0. The molecule has 0 saturated carbocycles. The summed E-state index contributed by atoms with van der Waals surface area (Å²) < 4.78 is 0. The van der Waals surface area contributed by atoms with Crippen molar-refractivity contribution in [3.63, 3.8) is 0 Å². The minimum absolute atomic E-state index is 0.656. The molecule has 0 saturated heterocycles. The second-order valence-corrected chi connectivity index (χ2v) is 7.37. The van der Waals surface area contributed by atoms with Gasteiger partial charge in [0.15, 0.2) is 0 Å². The van der Waals surface area contributed by atoms with E-state index in [9.17, 15) is 4.79 Å². The lowest BCUT2D eigenvalue weighted by molar-refractivity contribution is -0.131. The first kappa shape index (κ1) is 19.2. The summed E-state index contributed by atoms with van der Waals surface area (Å²) in [4.78, 5) is 10.7. The molecule has 1 aromatic rings. The lowest BCUT2D eigenvalue weighted by Crippen LogP contribution is -2.14. The molecule has 1 aliphatic rings. The smallest absolute Gasteiger partial charge is 0.328 e. The molecule has 0 spiro atoms. The number of rotatable bonds is 4. The fourth-order valence-electron chi connectivity index (χ4n) is 4.23. The first-order valence-corrected chi connectivity index (χ1v) is 9.13. The number of aliphatic carboxylic acids is 1. The summed E-state index contributed by atoms with van der Waals surface area (Å²) in [5.41, 5.74) is 10.7. The molecule has 0 amide bonds. The zero-order valence-corrected chi connectivity index (χ0v) is 16.4. The molecule has 1 atom stereocenters. The minimum Gasteiger partial charge on any atom is -0.478 e. The molecule has 1 aromatic carbocycles. The van der Waals surface area contributed by atoms with Gasteiger partial charge in [0.2, 0.25) is 0 Å². The molecular formula is C23H30O2. The Labute approximate surface area is 152 Å². The Morgan fingerprint density at radius 2 is 1.80 bits per heavy atom. The van der Waals surface area contributed by atoms with Gasteiger partial charge in [-0.15, -0.1) is 0 Å². The minimum atomic E-state index is -0.908. The van der Waals surface area contributed by atoms with Gasteiger partial charge < -0.3 is 5.11 Å². The Hall–Kier alpha value is -2.09. The van der Waals surface area contributed by atoms with Crippen LogP contribution in [0.5, 0.6) is 0 Å². The third kappa shape index (κ3) is 4.12. The maximum atomic E-state index is 10.7. The van der Waals surface area contributed by atoms with Crippen molar-refractivity contribution in [3.05, 3.63) is 63.3 Å². The third-order valence-electron chi connectivity index (χ3n) is 5.50. The molecule has 0 aliphatic heterocycles. The van der Waals surface area contributed by atoms with Crippen LogP contribution in [0.4, 0.5) is 0 Å². The SMILES string of the molecule is CC(C=CC=C(C)c1c(C)c(C)c2c(c1C)CCCC2C)=CC(=O)O. The van der Waals surface area contributed by atoms with Crippen molar-refractivity contribution in [2.45, 2.75) is 66.7 Å². The molecule has 134 valence electrons. The van der Waals surface area contributed by atoms with Gasteiger partial charge in [0, 0.05) is 6.08 Å². The van der Waals surface area contributed by atoms with E-state index in [0.717, 1.165) is 5.57 Å². The van der Waals surface area contributed by atoms with Crippen molar-refractivity contribution in [1.82, 2.24) is 0 Å². The number of carbonyl (C=O) groups is 1. The molecule has 0 aromatic heterocycles. The Kier molecular flexibility index (Phi) is 6.05. The van der Waals surface area contributed by atoms with Crippen LogP contribution in [0.1, 0.15) is 72.9 Å². The van der Waals surface area contributed by atoms with Gasteiger partial charge in [0.1, 0.15) is 0 Å². The highest BCUT2D eigenvalue weighted by atomic mass is 16.4. The fourth-order valence-corrected chi connectivity index (χ4v) is 4.23. The van der Waals surface area contributed by atoms with Gasteiger partial charge in [-0.25, -0.2) is 4.79 Å². The van der Waals surface area contributed by atoms with Crippen LogP contribution in [0.3, 0.4) is 0 Å². The number of fused-ring (bicyclic) bond motifs is 1. The Balaban J connectivity index is 2.46. The normalized spacial score (nSPS) is 18.6. The molecule has 0 fully saturated rings. The zero-order valence-electron chi connectivity index (χ0n) is 16.4. The van der Waals surface area contributed by atoms with Crippen molar-refractivity contribution in [1.29, 1.82) is 0 Å². The van der Waals surface area contributed by atoms with Crippen LogP contribution < -0.4 is 0 Å². The third-order valence-corrected chi connectivity index (χ3v) is 5.50. The topological polar surface area (TPSA) is 37.3 Å². The Bertz CT molecular complexity index is 776. The monoisotopic (exact) mass is 338 g/mol. The predicted molar refractivity (Wildman–Crippen MR) is 106 cm³/mol. The quantitative estimate of drug-likeness (QED) is 0.536. The average molecular weight is 338 g/mol. The lowest BCUT2D eigenvalue weighted by Gasteiger charge is -2.30. The molecule has 2 rings (SSSR count). The number of carboxylic acids is 1. The van der Waals surface area contributed by atoms with E-state index in [1.165, 1.54) is 53.2 Å². The number of carboxylic acid groups (broad SMARTS) is 1. The van der Waals surface area contributed by atoms with Crippen LogP contribution in [0.2, 0.25) is 0 Å². The second kappa shape index (κ2) is 7.86. The average Bonchev–Trinajstić information content (AvgIpc) is 2.52. The molecule has 1 unspecified atom stereocenters. The molecule has 0 bridgehead atoms. The molecule has 1 N–H and O–H groups in total. The van der Waals surface area contributed by atoms with Crippen LogP contribution in [0.15, 0.2) is 29.9 Å². The van der Waals surface area contributed by atoms with Crippen LogP contribution in [-0.4, -0.2) is 11.1 Å². The van der Waals surface area contributed by atoms with E-state index in [1.54, 1.807) is 18.1 Å². The van der Waals surface area contributed by atoms with Crippen molar-refractivity contribution in [2.24, 2.45) is 0 Å². The maximum Gasteiger partial charge on any atom is 0.328 e. The van der Waals surface area contributed by atoms with E-state index >= 15 is 0 Å². The lowest BCUT2D eigenvalue weighted by atomic mass is 9.75. The summed E-state index contributed by atoms with van der Waals surface area (Å²) in [5.74, 6) is -0.253. The maximum absolute atomic E-state index is 10.7. The molecule has 25 heavy (non-hydrogen) atoms. The predicted octanol–water partition coefficient (Wildman–Crippen LogP) is 6.04. The molecule has 1 aliphatic carbocycles. The largest absolute Gasteiger partial charge is 0.478 e. The van der Waals surface area contributed by atoms with E-state index in [0.29, 0.717) is 5.92 Å².